The molecule has 0 heterocycles. The van der Waals surface area contributed by atoms with E-state index in [4.69, 9.17) is 11.5 Å². The summed E-state index contributed by atoms with van der Waals surface area (Å²) in [4.78, 5) is 2.29. The van der Waals surface area contributed by atoms with Gasteiger partial charge in [0.05, 0.1) is 4.90 Å². The largest absolute Gasteiger partial charge is 0.377 e. The van der Waals surface area contributed by atoms with Gasteiger partial charge in [-0.1, -0.05) is 37.1 Å². The fraction of sp³-hybridized carbons (Fsp3) is 0.444. The second-order valence-corrected chi connectivity index (χ2v) is 8.38. The van der Waals surface area contributed by atoms with E-state index in [9.17, 15) is 8.42 Å². The topological polar surface area (TPSA) is 89.4 Å². The monoisotopic (exact) mass is 349 g/mol. The maximum Gasteiger partial charge on any atom is 0.194 e. The predicted octanol–water partition coefficient (Wildman–Crippen LogP) is 2.48. The summed E-state index contributed by atoms with van der Waals surface area (Å²) < 4.78 is 25.9. The SMILES string of the molecule is CN(C)c1cccc2c(S(=O)(=O)C(N)CCCCCN)cccc12. The van der Waals surface area contributed by atoms with Crippen molar-refractivity contribution < 1.29 is 8.42 Å². The first kappa shape index (κ1) is 18.7. The molecule has 0 amide bonds. The van der Waals surface area contributed by atoms with E-state index in [2.05, 4.69) is 0 Å². The van der Waals surface area contributed by atoms with Gasteiger partial charge in [0.25, 0.3) is 0 Å². The molecule has 0 aliphatic rings. The van der Waals surface area contributed by atoms with E-state index in [1.54, 1.807) is 12.1 Å². The first-order valence-corrected chi connectivity index (χ1v) is 9.83. The molecule has 6 heteroatoms. The molecule has 0 aliphatic carbocycles. The molecule has 5 nitrogen and oxygen atoms in total. The quantitative estimate of drug-likeness (QED) is 0.715. The fourth-order valence-electron chi connectivity index (χ4n) is 2.89. The van der Waals surface area contributed by atoms with Crippen LogP contribution in [0.25, 0.3) is 10.8 Å². The summed E-state index contributed by atoms with van der Waals surface area (Å²) in [6.07, 6.45) is 3.02. The highest BCUT2D eigenvalue weighted by molar-refractivity contribution is 7.92. The summed E-state index contributed by atoms with van der Waals surface area (Å²) in [6.45, 7) is 0.624. The number of fused-ring (bicyclic) bond motifs is 1. The molecule has 0 aromatic heterocycles. The molecule has 0 bridgehead atoms. The average Bonchev–Trinajstić information content (AvgIpc) is 2.57. The molecule has 0 fully saturated rings. The van der Waals surface area contributed by atoms with Crippen LogP contribution in [-0.2, 0) is 9.84 Å². The Balaban J connectivity index is 2.38. The van der Waals surface area contributed by atoms with Crippen LogP contribution in [0.3, 0.4) is 0 Å². The van der Waals surface area contributed by atoms with Crippen molar-refractivity contribution in [3.8, 4) is 0 Å². The first-order valence-electron chi connectivity index (χ1n) is 8.28. The lowest BCUT2D eigenvalue weighted by molar-refractivity contribution is 0.560. The van der Waals surface area contributed by atoms with Crippen LogP contribution >= 0.6 is 0 Å². The molecule has 0 saturated heterocycles. The summed E-state index contributed by atoms with van der Waals surface area (Å²) in [7, 11) is 0.320. The van der Waals surface area contributed by atoms with Gasteiger partial charge < -0.3 is 16.4 Å². The van der Waals surface area contributed by atoms with Gasteiger partial charge in [0, 0.05) is 30.6 Å². The maximum absolute atomic E-state index is 12.9. The Bertz CT molecular complexity index is 788. The van der Waals surface area contributed by atoms with Crippen molar-refractivity contribution in [1.82, 2.24) is 0 Å². The predicted molar refractivity (Wildman–Crippen MR) is 101 cm³/mol. The van der Waals surface area contributed by atoms with Crippen molar-refractivity contribution in [2.45, 2.75) is 36.0 Å². The molecule has 24 heavy (non-hydrogen) atoms. The number of hydrogen-bond acceptors (Lipinski definition) is 5. The van der Waals surface area contributed by atoms with E-state index >= 15 is 0 Å². The Morgan fingerprint density at radius 2 is 1.67 bits per heavy atom. The lowest BCUT2D eigenvalue weighted by Crippen LogP contribution is -2.30. The van der Waals surface area contributed by atoms with E-state index in [1.165, 1.54) is 0 Å². The van der Waals surface area contributed by atoms with Gasteiger partial charge in [-0.2, -0.15) is 0 Å². The molecule has 1 atom stereocenters. The summed E-state index contributed by atoms with van der Waals surface area (Å²) in [5, 5.41) is 0.754. The van der Waals surface area contributed by atoms with Crippen molar-refractivity contribution in [3.63, 3.8) is 0 Å². The number of nitrogens with two attached hydrogens (primary N) is 2. The number of sulfone groups is 1. The van der Waals surface area contributed by atoms with Crippen LogP contribution < -0.4 is 16.4 Å². The minimum Gasteiger partial charge on any atom is -0.377 e. The zero-order valence-corrected chi connectivity index (χ0v) is 15.2. The van der Waals surface area contributed by atoms with Gasteiger partial charge in [0.15, 0.2) is 9.84 Å². The van der Waals surface area contributed by atoms with Gasteiger partial charge in [-0.25, -0.2) is 8.42 Å². The smallest absolute Gasteiger partial charge is 0.194 e. The van der Waals surface area contributed by atoms with E-state index in [1.807, 2.05) is 43.3 Å². The van der Waals surface area contributed by atoms with Gasteiger partial charge in [0.1, 0.15) is 5.37 Å². The second-order valence-electron chi connectivity index (χ2n) is 6.24. The zero-order chi connectivity index (χ0) is 17.7. The third-order valence-corrected chi connectivity index (χ3v) is 6.24. The maximum atomic E-state index is 12.9. The molecule has 4 N–H and O–H groups in total. The Labute approximate surface area is 144 Å². The number of unbranched alkanes of at least 4 members (excludes halogenated alkanes) is 2. The number of anilines is 1. The molecule has 0 spiro atoms. The highest BCUT2D eigenvalue weighted by atomic mass is 32.2. The van der Waals surface area contributed by atoms with Gasteiger partial charge in [-0.3, -0.25) is 0 Å². The van der Waals surface area contributed by atoms with Crippen LogP contribution in [0.5, 0.6) is 0 Å². The highest BCUT2D eigenvalue weighted by Crippen LogP contribution is 2.31. The molecule has 0 saturated carbocycles. The third kappa shape index (κ3) is 3.88. The van der Waals surface area contributed by atoms with Gasteiger partial charge >= 0.3 is 0 Å². The summed E-state index contributed by atoms with van der Waals surface area (Å²) >= 11 is 0. The van der Waals surface area contributed by atoms with Crippen LogP contribution in [-0.4, -0.2) is 34.4 Å². The van der Waals surface area contributed by atoms with Crippen molar-refractivity contribution in [2.75, 3.05) is 25.5 Å². The second kappa shape index (κ2) is 7.96. The normalized spacial score (nSPS) is 13.2. The highest BCUT2D eigenvalue weighted by Gasteiger charge is 2.25. The van der Waals surface area contributed by atoms with E-state index in [0.717, 1.165) is 35.7 Å². The molecule has 0 radical (unpaired) electrons. The van der Waals surface area contributed by atoms with Crippen molar-refractivity contribution in [2.24, 2.45) is 11.5 Å². The molecule has 2 aromatic carbocycles. The van der Waals surface area contributed by atoms with Gasteiger partial charge in [-0.15, -0.1) is 0 Å². The Kier molecular flexibility index (Phi) is 6.21. The van der Waals surface area contributed by atoms with Crippen molar-refractivity contribution in [1.29, 1.82) is 0 Å². The van der Waals surface area contributed by atoms with Crippen LogP contribution in [0.1, 0.15) is 25.7 Å². The lowest BCUT2D eigenvalue weighted by atomic mass is 10.1. The Morgan fingerprint density at radius 3 is 2.33 bits per heavy atom. The number of nitrogens with zero attached hydrogens (tertiary/aromatic N) is 1. The molecule has 1 unspecified atom stereocenters. The molecule has 2 aromatic rings. The average molecular weight is 350 g/mol. The van der Waals surface area contributed by atoms with Gasteiger partial charge in [0.2, 0.25) is 0 Å². The van der Waals surface area contributed by atoms with Crippen molar-refractivity contribution in [3.05, 3.63) is 36.4 Å². The number of benzene rings is 2. The van der Waals surface area contributed by atoms with Gasteiger partial charge in [-0.05, 0) is 31.5 Å². The number of rotatable bonds is 8. The molecular formula is C18H27N3O2S. The zero-order valence-electron chi connectivity index (χ0n) is 14.4. The summed E-state index contributed by atoms with van der Waals surface area (Å²) in [6, 6.07) is 11.1. The summed E-state index contributed by atoms with van der Waals surface area (Å²) in [5.41, 5.74) is 12.5. The Hall–Kier alpha value is -1.63. The van der Waals surface area contributed by atoms with E-state index < -0.39 is 15.2 Å². The fourth-order valence-corrected chi connectivity index (χ4v) is 4.44. The third-order valence-electron chi connectivity index (χ3n) is 4.24. The first-order chi connectivity index (χ1) is 11.4. The van der Waals surface area contributed by atoms with Crippen LogP contribution in [0.4, 0.5) is 5.69 Å². The molecule has 2 rings (SSSR count). The molecular weight excluding hydrogens is 322 g/mol. The minimum atomic E-state index is -3.57. The van der Waals surface area contributed by atoms with E-state index in [0.29, 0.717) is 17.9 Å². The standard InChI is InChI=1S/C18H27N3O2S/c1-21(2)16-10-6-9-15-14(16)8-7-11-17(15)24(22,23)18(20)12-4-3-5-13-19/h6-11,18H,3-5,12-13,19-20H2,1-2H3. The summed E-state index contributed by atoms with van der Waals surface area (Å²) in [5.74, 6) is 0. The minimum absolute atomic E-state index is 0.315. The Morgan fingerprint density at radius 1 is 1.00 bits per heavy atom. The van der Waals surface area contributed by atoms with Crippen molar-refractivity contribution >= 4 is 26.3 Å². The van der Waals surface area contributed by atoms with Crippen LogP contribution in [0, 0.1) is 0 Å². The lowest BCUT2D eigenvalue weighted by Gasteiger charge is -2.18. The molecule has 0 aliphatic heterocycles. The number of hydrogen-bond donors (Lipinski definition) is 2. The molecule has 132 valence electrons. The van der Waals surface area contributed by atoms with Crippen LogP contribution in [0.2, 0.25) is 0 Å². The van der Waals surface area contributed by atoms with E-state index in [-0.39, 0.29) is 0 Å². The van der Waals surface area contributed by atoms with Crippen LogP contribution in [0.15, 0.2) is 41.3 Å².